The third-order valence-corrected chi connectivity index (χ3v) is 3.84. The Balaban J connectivity index is 2.03. The number of carbonyl (C=O) groups excluding carboxylic acids is 3. The maximum Gasteiger partial charge on any atom is 0.249 e. The molecule has 2 rings (SSSR count). The fraction of sp³-hybridized carbons (Fsp3) is 0.545. The van der Waals surface area contributed by atoms with Crippen LogP contribution in [0, 0.1) is 0 Å². The van der Waals surface area contributed by atoms with Gasteiger partial charge in [0.15, 0.2) is 0 Å². The van der Waals surface area contributed by atoms with Gasteiger partial charge >= 0.3 is 0 Å². The van der Waals surface area contributed by atoms with Crippen molar-refractivity contribution in [1.82, 2.24) is 15.1 Å². The van der Waals surface area contributed by atoms with E-state index in [1.165, 1.54) is 18.3 Å². The highest BCUT2D eigenvalue weighted by Gasteiger charge is 2.36. The summed E-state index contributed by atoms with van der Waals surface area (Å²) in [5.74, 6) is -1.04. The topological polar surface area (TPSA) is 92.3 Å². The van der Waals surface area contributed by atoms with Gasteiger partial charge in [-0.3, -0.25) is 24.6 Å². The van der Waals surface area contributed by atoms with Gasteiger partial charge in [-0.2, -0.15) is 0 Å². The molecule has 0 unspecified atom stereocenters. The van der Waals surface area contributed by atoms with Crippen molar-refractivity contribution in [2.45, 2.75) is 39.2 Å². The summed E-state index contributed by atoms with van der Waals surface area (Å²) in [6.45, 7) is 3.47. The second kappa shape index (κ2) is 5.43. The number of hydrogen-bond donors (Lipinski definition) is 1. The van der Waals surface area contributed by atoms with Crippen LogP contribution in [0.15, 0.2) is 0 Å². The molecule has 19 heavy (non-hydrogen) atoms. The normalized spacial score (nSPS) is 16.8. The number of nitrogens with zero attached hydrogens (tertiary/aromatic N) is 3. The molecule has 7 nitrogen and oxygen atoms in total. The Kier molecular flexibility index (Phi) is 3.89. The summed E-state index contributed by atoms with van der Waals surface area (Å²) < 4.78 is 0. The lowest BCUT2D eigenvalue weighted by molar-refractivity contribution is -0.144. The summed E-state index contributed by atoms with van der Waals surface area (Å²) >= 11 is 1.28. The Hall–Kier alpha value is -1.83. The van der Waals surface area contributed by atoms with Gasteiger partial charge in [0.05, 0.1) is 0 Å². The monoisotopic (exact) mass is 282 g/mol. The number of anilines is 1. The molecule has 3 amide bonds. The first-order valence-electron chi connectivity index (χ1n) is 6.01. The number of carbonyl (C=O) groups is 3. The van der Waals surface area contributed by atoms with Gasteiger partial charge in [0, 0.05) is 12.8 Å². The van der Waals surface area contributed by atoms with Crippen molar-refractivity contribution in [3.63, 3.8) is 0 Å². The molecule has 1 aliphatic heterocycles. The molecule has 102 valence electrons. The third-order valence-electron chi connectivity index (χ3n) is 2.86. The second-order valence-electron chi connectivity index (χ2n) is 4.18. The molecular weight excluding hydrogens is 268 g/mol. The zero-order chi connectivity index (χ0) is 14.0. The number of imide groups is 1. The number of hydrogen-bond acceptors (Lipinski definition) is 6. The summed E-state index contributed by atoms with van der Waals surface area (Å²) in [4.78, 5) is 36.0. The van der Waals surface area contributed by atoms with E-state index in [0.29, 0.717) is 5.13 Å². The zero-order valence-corrected chi connectivity index (χ0v) is 11.5. The summed E-state index contributed by atoms with van der Waals surface area (Å²) in [6.07, 6.45) is 1.09. The number of amides is 3. The van der Waals surface area contributed by atoms with Gasteiger partial charge < -0.3 is 0 Å². The fourth-order valence-corrected chi connectivity index (χ4v) is 2.48. The van der Waals surface area contributed by atoms with E-state index in [-0.39, 0.29) is 24.7 Å². The van der Waals surface area contributed by atoms with Crippen LogP contribution in [0.25, 0.3) is 0 Å². The van der Waals surface area contributed by atoms with Crippen molar-refractivity contribution in [3.05, 3.63) is 5.01 Å². The maximum absolute atomic E-state index is 12.0. The summed E-state index contributed by atoms with van der Waals surface area (Å²) in [7, 11) is 0. The molecule has 0 radical (unpaired) electrons. The molecule has 0 saturated carbocycles. The van der Waals surface area contributed by atoms with Gasteiger partial charge in [0.2, 0.25) is 22.9 Å². The van der Waals surface area contributed by atoms with Crippen LogP contribution in [0.5, 0.6) is 0 Å². The first-order chi connectivity index (χ1) is 9.02. The molecule has 0 bridgehead atoms. The Morgan fingerprint density at radius 1 is 1.37 bits per heavy atom. The first-order valence-corrected chi connectivity index (χ1v) is 6.82. The van der Waals surface area contributed by atoms with E-state index >= 15 is 0 Å². The Morgan fingerprint density at radius 3 is 2.53 bits per heavy atom. The Labute approximate surface area is 114 Å². The van der Waals surface area contributed by atoms with Crippen LogP contribution in [0.1, 0.15) is 31.7 Å². The number of aryl methyl sites for hydroxylation is 1. The molecule has 8 heteroatoms. The van der Waals surface area contributed by atoms with E-state index in [1.807, 2.05) is 6.92 Å². The van der Waals surface area contributed by atoms with Crippen LogP contribution in [0.4, 0.5) is 5.13 Å². The molecule has 1 aromatic heterocycles. The molecule has 1 fully saturated rings. The van der Waals surface area contributed by atoms with E-state index in [9.17, 15) is 14.4 Å². The van der Waals surface area contributed by atoms with Crippen molar-refractivity contribution in [2.75, 3.05) is 5.32 Å². The second-order valence-corrected chi connectivity index (χ2v) is 5.24. The number of nitrogens with one attached hydrogen (secondary N) is 1. The Bertz CT molecular complexity index is 512. The minimum absolute atomic E-state index is 0.176. The standard InChI is InChI=1S/C11H14N4O3S/c1-3-7-13-14-11(19-7)12-10(18)6(2)15-8(16)4-5-9(15)17/h6H,3-5H2,1-2H3,(H,12,14,18)/t6-/m1/s1. The summed E-state index contributed by atoms with van der Waals surface area (Å²) in [5.41, 5.74) is 0. The van der Waals surface area contributed by atoms with E-state index in [0.717, 1.165) is 16.3 Å². The van der Waals surface area contributed by atoms with Crippen molar-refractivity contribution >= 4 is 34.2 Å². The number of rotatable bonds is 4. The maximum atomic E-state index is 12.0. The molecule has 0 aromatic carbocycles. The number of aromatic nitrogens is 2. The summed E-state index contributed by atoms with van der Waals surface area (Å²) in [6, 6.07) is -0.823. The van der Waals surface area contributed by atoms with Gasteiger partial charge in [-0.15, -0.1) is 10.2 Å². The highest BCUT2D eigenvalue weighted by molar-refractivity contribution is 7.15. The van der Waals surface area contributed by atoms with Gasteiger partial charge in [-0.1, -0.05) is 18.3 Å². The lowest BCUT2D eigenvalue weighted by Gasteiger charge is -2.20. The van der Waals surface area contributed by atoms with Crippen LogP contribution >= 0.6 is 11.3 Å². The molecule has 1 aliphatic rings. The van der Waals surface area contributed by atoms with Crippen molar-refractivity contribution in [2.24, 2.45) is 0 Å². The van der Waals surface area contributed by atoms with E-state index in [2.05, 4.69) is 15.5 Å². The van der Waals surface area contributed by atoms with Gasteiger partial charge in [-0.25, -0.2) is 0 Å². The molecular formula is C11H14N4O3S. The summed E-state index contributed by atoms with van der Waals surface area (Å²) in [5, 5.41) is 11.5. The smallest absolute Gasteiger partial charge is 0.249 e. The van der Waals surface area contributed by atoms with Gasteiger partial charge in [0.25, 0.3) is 0 Å². The lowest BCUT2D eigenvalue weighted by atomic mass is 10.3. The molecule has 2 heterocycles. The minimum Gasteiger partial charge on any atom is -0.299 e. The fourth-order valence-electron chi connectivity index (χ4n) is 1.80. The zero-order valence-electron chi connectivity index (χ0n) is 10.7. The average molecular weight is 282 g/mol. The molecule has 1 aromatic rings. The Morgan fingerprint density at radius 2 is 2.00 bits per heavy atom. The van der Waals surface area contributed by atoms with Gasteiger partial charge in [0.1, 0.15) is 11.0 Å². The van der Waals surface area contributed by atoms with Crippen LogP contribution < -0.4 is 5.32 Å². The highest BCUT2D eigenvalue weighted by Crippen LogP contribution is 2.19. The molecule has 0 aliphatic carbocycles. The lowest BCUT2D eigenvalue weighted by Crippen LogP contribution is -2.44. The number of likely N-dealkylation sites (tertiary alicyclic amines) is 1. The quantitative estimate of drug-likeness (QED) is 0.815. The largest absolute Gasteiger partial charge is 0.299 e. The van der Waals surface area contributed by atoms with Gasteiger partial charge in [-0.05, 0) is 13.3 Å². The predicted octanol–water partition coefficient (Wildman–Crippen LogP) is 0.577. The van der Waals surface area contributed by atoms with Crippen molar-refractivity contribution in [1.29, 1.82) is 0 Å². The minimum atomic E-state index is -0.823. The molecule has 0 spiro atoms. The van der Waals surface area contributed by atoms with Crippen molar-refractivity contribution < 1.29 is 14.4 Å². The van der Waals surface area contributed by atoms with Crippen molar-refractivity contribution in [3.8, 4) is 0 Å². The third kappa shape index (κ3) is 2.78. The van der Waals surface area contributed by atoms with Crippen LogP contribution in [-0.4, -0.2) is 38.9 Å². The first kappa shape index (κ1) is 13.6. The van der Waals surface area contributed by atoms with E-state index in [1.54, 1.807) is 0 Å². The van der Waals surface area contributed by atoms with E-state index in [4.69, 9.17) is 0 Å². The molecule has 1 atom stereocenters. The van der Waals surface area contributed by atoms with Crippen LogP contribution in [-0.2, 0) is 20.8 Å². The van der Waals surface area contributed by atoms with Crippen LogP contribution in [0.3, 0.4) is 0 Å². The SMILES string of the molecule is CCc1nnc(NC(=O)[C@@H](C)N2C(=O)CCC2=O)s1. The molecule has 1 N–H and O–H groups in total. The highest BCUT2D eigenvalue weighted by atomic mass is 32.1. The van der Waals surface area contributed by atoms with E-state index < -0.39 is 11.9 Å². The predicted molar refractivity (Wildman–Crippen MR) is 68.5 cm³/mol. The average Bonchev–Trinajstić information content (AvgIpc) is 2.96. The van der Waals surface area contributed by atoms with Crippen LogP contribution in [0.2, 0.25) is 0 Å². The molecule has 1 saturated heterocycles.